The third-order valence-electron chi connectivity index (χ3n) is 3.06. The third-order valence-corrected chi connectivity index (χ3v) is 3.06. The summed E-state index contributed by atoms with van der Waals surface area (Å²) in [5, 5.41) is 4.10. The molecular formula is C18H41ClN4O4. The van der Waals surface area contributed by atoms with Crippen molar-refractivity contribution in [2.24, 2.45) is 5.84 Å². The Morgan fingerprint density at radius 3 is 1.44 bits per heavy atom. The lowest BCUT2D eigenvalue weighted by atomic mass is 10.1. The van der Waals surface area contributed by atoms with Gasteiger partial charge in [-0.05, 0) is 47.6 Å². The van der Waals surface area contributed by atoms with Gasteiger partial charge in [-0.15, -0.1) is 12.4 Å². The van der Waals surface area contributed by atoms with Crippen LogP contribution >= 0.6 is 12.4 Å². The fourth-order valence-corrected chi connectivity index (χ4v) is 1.40. The zero-order chi connectivity index (χ0) is 20.8. The van der Waals surface area contributed by atoms with Gasteiger partial charge in [-0.3, -0.25) is 16.0 Å². The van der Waals surface area contributed by atoms with Crippen molar-refractivity contribution in [3.63, 3.8) is 0 Å². The predicted octanol–water partition coefficient (Wildman–Crippen LogP) is 2.92. The Labute approximate surface area is 171 Å². The van der Waals surface area contributed by atoms with Gasteiger partial charge < -0.3 is 18.9 Å². The zero-order valence-corrected chi connectivity index (χ0v) is 19.4. The molecule has 0 aromatic carbocycles. The summed E-state index contributed by atoms with van der Waals surface area (Å²) in [4.78, 5) is 0. The molecule has 164 valence electrons. The van der Waals surface area contributed by atoms with Crippen LogP contribution in [0.2, 0.25) is 0 Å². The number of ether oxygens (including phenoxy) is 4. The first-order chi connectivity index (χ1) is 11.9. The van der Waals surface area contributed by atoms with Crippen LogP contribution in [-0.4, -0.2) is 56.3 Å². The normalized spacial score (nSPS) is 11.3. The number of nitrogens with two attached hydrogens (primary N) is 1. The van der Waals surface area contributed by atoms with Crippen LogP contribution in [-0.2, 0) is 24.5 Å². The molecule has 0 atom stereocenters. The highest BCUT2D eigenvalue weighted by Crippen LogP contribution is 2.10. The molecule has 0 fully saturated rings. The topological polar surface area (TPSA) is 92.8 Å². The number of methoxy groups -OCH3 is 4. The third kappa shape index (κ3) is 18.4. The lowest BCUT2D eigenvalue weighted by Crippen LogP contribution is -2.41. The van der Waals surface area contributed by atoms with Crippen molar-refractivity contribution in [2.45, 2.75) is 71.6 Å². The van der Waals surface area contributed by atoms with Gasteiger partial charge in [0.1, 0.15) is 0 Å². The highest BCUT2D eigenvalue weighted by Gasteiger charge is 2.13. The van der Waals surface area contributed by atoms with Crippen molar-refractivity contribution < 1.29 is 18.9 Å². The largest absolute Gasteiger partial charge is 0.356 e. The van der Waals surface area contributed by atoms with Crippen LogP contribution in [0.5, 0.6) is 0 Å². The Hall–Kier alpha value is -0.740. The maximum Gasteiger partial charge on any atom is 0.161 e. The first-order valence-electron chi connectivity index (χ1n) is 8.54. The van der Waals surface area contributed by atoms with Crippen LogP contribution in [0, 0.1) is 0 Å². The molecule has 0 aliphatic heterocycles. The SMILES string of the molecule is CC(C)(C)NN.CC(C)(C)n1cccn1.COC(CC(OC)OC)OC.Cl. The summed E-state index contributed by atoms with van der Waals surface area (Å²) < 4.78 is 21.7. The van der Waals surface area contributed by atoms with E-state index in [0.29, 0.717) is 6.42 Å². The zero-order valence-electron chi connectivity index (χ0n) is 18.6. The van der Waals surface area contributed by atoms with Crippen LogP contribution in [0.15, 0.2) is 18.5 Å². The fraction of sp³-hybridized carbons (Fsp3) is 0.833. The Morgan fingerprint density at radius 2 is 1.30 bits per heavy atom. The lowest BCUT2D eigenvalue weighted by molar-refractivity contribution is -0.178. The van der Waals surface area contributed by atoms with Crippen molar-refractivity contribution >= 4 is 12.4 Å². The van der Waals surface area contributed by atoms with Crippen LogP contribution < -0.4 is 11.3 Å². The van der Waals surface area contributed by atoms with Gasteiger partial charge in [0.25, 0.3) is 0 Å². The highest BCUT2D eigenvalue weighted by molar-refractivity contribution is 5.85. The van der Waals surface area contributed by atoms with E-state index in [1.807, 2.05) is 37.7 Å². The number of hydrazine groups is 1. The van der Waals surface area contributed by atoms with E-state index in [2.05, 4.69) is 31.3 Å². The second kappa shape index (κ2) is 16.2. The van der Waals surface area contributed by atoms with E-state index in [0.717, 1.165) is 0 Å². The summed E-state index contributed by atoms with van der Waals surface area (Å²) in [6.07, 6.45) is 3.81. The quantitative estimate of drug-likeness (QED) is 0.421. The molecule has 0 amide bonds. The molecule has 0 bridgehead atoms. The summed E-state index contributed by atoms with van der Waals surface area (Å²) in [5.74, 6) is 5.06. The van der Waals surface area contributed by atoms with Crippen LogP contribution in [0.25, 0.3) is 0 Å². The molecule has 0 spiro atoms. The fourth-order valence-electron chi connectivity index (χ4n) is 1.40. The van der Waals surface area contributed by atoms with Crippen molar-refractivity contribution in [3.05, 3.63) is 18.5 Å². The number of nitrogens with one attached hydrogen (secondary N) is 1. The van der Waals surface area contributed by atoms with Gasteiger partial charge in [0.15, 0.2) is 12.6 Å². The molecule has 0 radical (unpaired) electrons. The van der Waals surface area contributed by atoms with Crippen molar-refractivity contribution in [1.82, 2.24) is 15.2 Å². The average molecular weight is 413 g/mol. The summed E-state index contributed by atoms with van der Waals surface area (Å²) in [7, 11) is 6.32. The molecule has 1 rings (SSSR count). The van der Waals surface area contributed by atoms with E-state index < -0.39 is 0 Å². The first-order valence-corrected chi connectivity index (χ1v) is 8.54. The van der Waals surface area contributed by atoms with E-state index in [4.69, 9.17) is 24.8 Å². The van der Waals surface area contributed by atoms with E-state index >= 15 is 0 Å². The van der Waals surface area contributed by atoms with Crippen molar-refractivity contribution in [1.29, 1.82) is 0 Å². The summed E-state index contributed by atoms with van der Waals surface area (Å²) in [5.41, 5.74) is 2.80. The minimum absolute atomic E-state index is 0. The molecular weight excluding hydrogens is 372 g/mol. The van der Waals surface area contributed by atoms with Gasteiger partial charge in [-0.1, -0.05) is 0 Å². The van der Waals surface area contributed by atoms with Gasteiger partial charge in [-0.2, -0.15) is 5.10 Å². The second-order valence-electron chi connectivity index (χ2n) is 7.55. The van der Waals surface area contributed by atoms with Crippen molar-refractivity contribution in [3.8, 4) is 0 Å². The highest BCUT2D eigenvalue weighted by atomic mass is 35.5. The molecule has 8 nitrogen and oxygen atoms in total. The second-order valence-corrected chi connectivity index (χ2v) is 7.55. The number of nitrogens with zero attached hydrogens (tertiary/aromatic N) is 2. The van der Waals surface area contributed by atoms with E-state index in [1.165, 1.54) is 0 Å². The van der Waals surface area contributed by atoms with Gasteiger partial charge >= 0.3 is 0 Å². The maximum atomic E-state index is 5.06. The number of hydrogen-bond acceptors (Lipinski definition) is 7. The summed E-state index contributed by atoms with van der Waals surface area (Å²) in [6, 6.07) is 1.94. The van der Waals surface area contributed by atoms with Crippen LogP contribution in [0.1, 0.15) is 48.0 Å². The molecule has 0 aliphatic carbocycles. The number of rotatable bonds is 6. The molecule has 0 saturated heterocycles. The van der Waals surface area contributed by atoms with E-state index in [1.54, 1.807) is 34.6 Å². The predicted molar refractivity (Wildman–Crippen MR) is 112 cm³/mol. The minimum Gasteiger partial charge on any atom is -0.356 e. The van der Waals surface area contributed by atoms with E-state index in [9.17, 15) is 0 Å². The van der Waals surface area contributed by atoms with Crippen LogP contribution in [0.3, 0.4) is 0 Å². The Bertz CT molecular complexity index is 402. The molecule has 0 aliphatic rings. The number of halogens is 1. The van der Waals surface area contributed by atoms with E-state index in [-0.39, 0.29) is 36.1 Å². The summed E-state index contributed by atoms with van der Waals surface area (Å²) >= 11 is 0. The monoisotopic (exact) mass is 412 g/mol. The molecule has 0 unspecified atom stereocenters. The van der Waals surface area contributed by atoms with Gasteiger partial charge in [-0.25, -0.2) is 0 Å². The van der Waals surface area contributed by atoms with Gasteiger partial charge in [0.05, 0.1) is 5.54 Å². The molecule has 1 aromatic heterocycles. The Kier molecular flexibility index (Phi) is 18.6. The first kappa shape index (κ1) is 31.0. The van der Waals surface area contributed by atoms with Gasteiger partial charge in [0.2, 0.25) is 0 Å². The maximum absolute atomic E-state index is 5.06. The van der Waals surface area contributed by atoms with Gasteiger partial charge in [0, 0.05) is 52.8 Å². The molecule has 1 heterocycles. The average Bonchev–Trinajstić information content (AvgIpc) is 3.12. The smallest absolute Gasteiger partial charge is 0.161 e. The Morgan fingerprint density at radius 1 is 0.926 bits per heavy atom. The molecule has 1 aromatic rings. The molecule has 27 heavy (non-hydrogen) atoms. The molecule has 3 N–H and O–H groups in total. The van der Waals surface area contributed by atoms with Crippen LogP contribution in [0.4, 0.5) is 0 Å². The Balaban J connectivity index is -0.000000327. The summed E-state index contributed by atoms with van der Waals surface area (Å²) in [6.45, 7) is 12.4. The minimum atomic E-state index is -0.264. The number of aromatic nitrogens is 2. The lowest BCUT2D eigenvalue weighted by Gasteiger charge is -2.18. The standard InChI is InChI=1S/C7H12N2.C7H16O4.C4H12N2.ClH/c1-7(2,3)9-6-4-5-8-9;1-8-6(9-2)5-7(10-3)11-4;1-4(2,3)6-5;/h4-6H,1-3H3;6-7H,5H2,1-4H3;6H,5H2,1-3H3;1H. The van der Waals surface area contributed by atoms with Crippen molar-refractivity contribution in [2.75, 3.05) is 28.4 Å². The molecule has 9 heteroatoms. The molecule has 0 saturated carbocycles. The number of hydrogen-bond donors (Lipinski definition) is 2.